The van der Waals surface area contributed by atoms with Crippen LogP contribution in [0.5, 0.6) is 0 Å². The number of nitrogens with zero attached hydrogens (tertiary/aromatic N) is 1. The summed E-state index contributed by atoms with van der Waals surface area (Å²) in [4.78, 5) is 13.4. The molecule has 0 radical (unpaired) electrons. The van der Waals surface area contributed by atoms with Crippen molar-refractivity contribution >= 4 is 5.91 Å². The molecule has 4 nitrogen and oxygen atoms in total. The van der Waals surface area contributed by atoms with Gasteiger partial charge in [0.05, 0.1) is 0 Å². The number of carbonyl (C=O) groups is 1. The largest absolute Gasteiger partial charge is 0.352 e. The van der Waals surface area contributed by atoms with E-state index in [0.29, 0.717) is 6.04 Å². The molecule has 1 atom stereocenters. The van der Waals surface area contributed by atoms with Crippen LogP contribution in [0.1, 0.15) is 24.5 Å². The van der Waals surface area contributed by atoms with E-state index in [0.717, 1.165) is 32.6 Å². The molecule has 0 bridgehead atoms. The molecule has 1 heterocycles. The summed E-state index contributed by atoms with van der Waals surface area (Å²) in [6.07, 6.45) is 1.05. The number of hydrogen-bond donors (Lipinski definition) is 2. The molecule has 0 spiro atoms. The molecule has 104 valence electrons. The van der Waals surface area contributed by atoms with Crippen LogP contribution < -0.4 is 10.6 Å². The van der Waals surface area contributed by atoms with Crippen molar-refractivity contribution in [3.8, 4) is 0 Å². The van der Waals surface area contributed by atoms with E-state index >= 15 is 0 Å². The van der Waals surface area contributed by atoms with Gasteiger partial charge in [0, 0.05) is 39.1 Å². The van der Waals surface area contributed by atoms with E-state index in [2.05, 4.69) is 39.8 Å². The monoisotopic (exact) mass is 261 g/mol. The summed E-state index contributed by atoms with van der Waals surface area (Å²) in [6, 6.07) is 9.05. The maximum Gasteiger partial charge on any atom is 0.217 e. The fraction of sp³-hybridized carbons (Fsp3) is 0.533. The normalized spacial score (nSPS) is 19.6. The van der Waals surface area contributed by atoms with Crippen LogP contribution in [0.25, 0.3) is 0 Å². The van der Waals surface area contributed by atoms with Gasteiger partial charge in [-0.05, 0) is 24.6 Å². The Morgan fingerprint density at radius 1 is 1.32 bits per heavy atom. The van der Waals surface area contributed by atoms with E-state index < -0.39 is 0 Å². The number of benzene rings is 1. The second-order valence-electron chi connectivity index (χ2n) is 5.27. The number of amides is 1. The number of carbonyl (C=O) groups excluding carboxylic acids is 1. The van der Waals surface area contributed by atoms with Crippen LogP contribution in [0, 0.1) is 0 Å². The Morgan fingerprint density at radius 3 is 2.63 bits per heavy atom. The lowest BCUT2D eigenvalue weighted by atomic mass is 10.1. The molecular formula is C15H23N3O. The molecule has 0 aliphatic carbocycles. The van der Waals surface area contributed by atoms with Crippen LogP contribution in [-0.4, -0.2) is 37.0 Å². The summed E-state index contributed by atoms with van der Waals surface area (Å²) in [6.45, 7) is 5.48. The molecule has 4 heteroatoms. The maximum absolute atomic E-state index is 11.0. The fourth-order valence-electron chi connectivity index (χ4n) is 2.61. The van der Waals surface area contributed by atoms with Crippen molar-refractivity contribution in [3.63, 3.8) is 0 Å². The average molecular weight is 261 g/mol. The Bertz CT molecular complexity index is 416. The van der Waals surface area contributed by atoms with Crippen LogP contribution >= 0.6 is 0 Å². The maximum atomic E-state index is 11.0. The number of hydrogen-bond acceptors (Lipinski definition) is 3. The molecule has 2 N–H and O–H groups in total. The first kappa shape index (κ1) is 14.0. The quantitative estimate of drug-likeness (QED) is 0.835. The standard InChI is InChI=1S/C15H23N3O/c1-12(19)17-15-7-8-18(11-15)10-14-5-3-13(4-6-14)9-16-2/h3-6,15-16H,7-11H2,1-2H3,(H,17,19). The van der Waals surface area contributed by atoms with Gasteiger partial charge in [-0.2, -0.15) is 0 Å². The van der Waals surface area contributed by atoms with E-state index in [-0.39, 0.29) is 5.91 Å². The summed E-state index contributed by atoms with van der Waals surface area (Å²) in [5, 5.41) is 6.14. The summed E-state index contributed by atoms with van der Waals surface area (Å²) in [7, 11) is 1.96. The molecule has 19 heavy (non-hydrogen) atoms. The van der Waals surface area contributed by atoms with E-state index in [9.17, 15) is 4.79 Å². The van der Waals surface area contributed by atoms with Gasteiger partial charge < -0.3 is 10.6 Å². The third-order valence-electron chi connectivity index (χ3n) is 3.49. The van der Waals surface area contributed by atoms with Gasteiger partial charge in [0.2, 0.25) is 5.91 Å². The lowest BCUT2D eigenvalue weighted by molar-refractivity contribution is -0.119. The Labute approximate surface area is 115 Å². The van der Waals surface area contributed by atoms with Crippen molar-refractivity contribution in [1.82, 2.24) is 15.5 Å². The molecule has 1 amide bonds. The zero-order valence-electron chi connectivity index (χ0n) is 11.8. The first-order chi connectivity index (χ1) is 9.17. The highest BCUT2D eigenvalue weighted by molar-refractivity contribution is 5.73. The molecule has 1 aliphatic rings. The van der Waals surface area contributed by atoms with Crippen LogP contribution in [0.2, 0.25) is 0 Å². The molecule has 1 aromatic rings. The van der Waals surface area contributed by atoms with Gasteiger partial charge in [-0.1, -0.05) is 24.3 Å². The zero-order valence-corrected chi connectivity index (χ0v) is 11.8. The molecule has 1 aliphatic heterocycles. The SMILES string of the molecule is CNCc1ccc(CN2CCC(NC(C)=O)C2)cc1. The van der Waals surface area contributed by atoms with Gasteiger partial charge in [-0.15, -0.1) is 0 Å². The third-order valence-corrected chi connectivity index (χ3v) is 3.49. The molecule has 2 rings (SSSR count). The zero-order chi connectivity index (χ0) is 13.7. The highest BCUT2D eigenvalue weighted by Gasteiger charge is 2.22. The van der Waals surface area contributed by atoms with E-state index in [1.807, 2.05) is 7.05 Å². The summed E-state index contributed by atoms with van der Waals surface area (Å²) in [5.41, 5.74) is 2.65. The lowest BCUT2D eigenvalue weighted by Crippen LogP contribution is -2.35. The molecule has 0 aromatic heterocycles. The predicted octanol–water partition coefficient (Wildman–Crippen LogP) is 1.12. The highest BCUT2D eigenvalue weighted by Crippen LogP contribution is 2.14. The van der Waals surface area contributed by atoms with Crippen molar-refractivity contribution in [2.75, 3.05) is 20.1 Å². The Morgan fingerprint density at radius 2 is 2.00 bits per heavy atom. The minimum Gasteiger partial charge on any atom is -0.352 e. The van der Waals surface area contributed by atoms with E-state index in [1.165, 1.54) is 11.1 Å². The van der Waals surface area contributed by atoms with Crippen molar-refractivity contribution in [2.45, 2.75) is 32.5 Å². The van der Waals surface area contributed by atoms with Gasteiger partial charge >= 0.3 is 0 Å². The Hall–Kier alpha value is -1.39. The van der Waals surface area contributed by atoms with Gasteiger partial charge in [-0.25, -0.2) is 0 Å². The molecular weight excluding hydrogens is 238 g/mol. The predicted molar refractivity (Wildman–Crippen MR) is 76.7 cm³/mol. The number of likely N-dealkylation sites (tertiary alicyclic amines) is 1. The van der Waals surface area contributed by atoms with E-state index in [4.69, 9.17) is 0 Å². The Balaban J connectivity index is 1.83. The second-order valence-corrected chi connectivity index (χ2v) is 5.27. The van der Waals surface area contributed by atoms with Crippen molar-refractivity contribution < 1.29 is 4.79 Å². The molecule has 1 aromatic carbocycles. The van der Waals surface area contributed by atoms with Crippen LogP contribution in [0.15, 0.2) is 24.3 Å². The highest BCUT2D eigenvalue weighted by atomic mass is 16.1. The van der Waals surface area contributed by atoms with Gasteiger partial charge in [-0.3, -0.25) is 9.69 Å². The van der Waals surface area contributed by atoms with Crippen LogP contribution in [-0.2, 0) is 17.9 Å². The van der Waals surface area contributed by atoms with Crippen LogP contribution in [0.3, 0.4) is 0 Å². The molecule has 0 saturated carbocycles. The minimum atomic E-state index is 0.0725. The second kappa shape index (κ2) is 6.68. The first-order valence-electron chi connectivity index (χ1n) is 6.89. The molecule has 1 unspecified atom stereocenters. The Kier molecular flexibility index (Phi) is 4.93. The minimum absolute atomic E-state index is 0.0725. The molecule has 1 saturated heterocycles. The lowest BCUT2D eigenvalue weighted by Gasteiger charge is -2.16. The number of rotatable bonds is 5. The summed E-state index contributed by atoms with van der Waals surface area (Å²) >= 11 is 0. The fourth-order valence-corrected chi connectivity index (χ4v) is 2.61. The molecule has 1 fully saturated rings. The first-order valence-corrected chi connectivity index (χ1v) is 6.89. The van der Waals surface area contributed by atoms with E-state index in [1.54, 1.807) is 6.92 Å². The van der Waals surface area contributed by atoms with Crippen LogP contribution in [0.4, 0.5) is 0 Å². The topological polar surface area (TPSA) is 44.4 Å². The summed E-state index contributed by atoms with van der Waals surface area (Å²) in [5.74, 6) is 0.0725. The number of nitrogens with one attached hydrogen (secondary N) is 2. The van der Waals surface area contributed by atoms with Gasteiger partial charge in [0.25, 0.3) is 0 Å². The average Bonchev–Trinajstić information content (AvgIpc) is 2.78. The van der Waals surface area contributed by atoms with Crippen molar-refractivity contribution in [2.24, 2.45) is 0 Å². The summed E-state index contributed by atoms with van der Waals surface area (Å²) < 4.78 is 0. The third kappa shape index (κ3) is 4.33. The van der Waals surface area contributed by atoms with Gasteiger partial charge in [0.1, 0.15) is 0 Å². The van der Waals surface area contributed by atoms with Crippen molar-refractivity contribution in [3.05, 3.63) is 35.4 Å². The van der Waals surface area contributed by atoms with Gasteiger partial charge in [0.15, 0.2) is 0 Å². The van der Waals surface area contributed by atoms with Crippen molar-refractivity contribution in [1.29, 1.82) is 0 Å². The smallest absolute Gasteiger partial charge is 0.217 e.